The minimum atomic E-state index is -0.219. The second-order valence-electron chi connectivity index (χ2n) is 6.67. The Morgan fingerprint density at radius 2 is 1.82 bits per heavy atom. The van der Waals surface area contributed by atoms with Crippen LogP contribution in [0.25, 0.3) is 0 Å². The molecule has 0 N–H and O–H groups in total. The number of carbonyl (C=O) groups excluding carboxylic acids is 1. The summed E-state index contributed by atoms with van der Waals surface area (Å²) in [6.07, 6.45) is 7.47. The summed E-state index contributed by atoms with van der Waals surface area (Å²) in [4.78, 5) is 14.6. The third-order valence-electron chi connectivity index (χ3n) is 4.50. The molecule has 0 unspecified atom stereocenters. The van der Waals surface area contributed by atoms with Gasteiger partial charge in [-0.15, -0.1) is 0 Å². The van der Waals surface area contributed by atoms with Crippen LogP contribution >= 0.6 is 11.6 Å². The molecule has 2 aliphatic rings. The SMILES string of the molecule is CC1(C)CC(=[N+]2CCCC2)C=CN1C(=O)c1ccc(Cl)cc1. The molecular weight excluding hydrogens is 296 g/mol. The molecule has 1 fully saturated rings. The van der Waals surface area contributed by atoms with Crippen molar-refractivity contribution in [1.82, 2.24) is 4.90 Å². The first-order valence-corrected chi connectivity index (χ1v) is 8.23. The van der Waals surface area contributed by atoms with Crippen molar-refractivity contribution in [2.45, 2.75) is 38.6 Å². The average Bonchev–Trinajstić information content (AvgIpc) is 3.00. The van der Waals surface area contributed by atoms with Gasteiger partial charge in [-0.2, -0.15) is 0 Å². The van der Waals surface area contributed by atoms with Gasteiger partial charge in [-0.25, -0.2) is 4.58 Å². The maximum absolute atomic E-state index is 12.8. The molecule has 3 nitrogen and oxygen atoms in total. The van der Waals surface area contributed by atoms with Crippen LogP contribution in [0, 0.1) is 0 Å². The lowest BCUT2D eigenvalue weighted by Crippen LogP contribution is -2.48. The number of rotatable bonds is 1. The Kier molecular flexibility index (Phi) is 4.09. The van der Waals surface area contributed by atoms with E-state index in [1.807, 2.05) is 11.1 Å². The van der Waals surface area contributed by atoms with Crippen LogP contribution in [0.15, 0.2) is 36.5 Å². The highest BCUT2D eigenvalue weighted by atomic mass is 35.5. The van der Waals surface area contributed by atoms with Crippen LogP contribution < -0.4 is 0 Å². The summed E-state index contributed by atoms with van der Waals surface area (Å²) in [6, 6.07) is 7.09. The van der Waals surface area contributed by atoms with Crippen LogP contribution in [0.2, 0.25) is 5.02 Å². The van der Waals surface area contributed by atoms with Crippen molar-refractivity contribution in [3.05, 3.63) is 47.1 Å². The van der Waals surface area contributed by atoms with Crippen molar-refractivity contribution in [2.24, 2.45) is 0 Å². The summed E-state index contributed by atoms with van der Waals surface area (Å²) in [7, 11) is 0. The molecule has 0 atom stereocenters. The van der Waals surface area contributed by atoms with E-state index in [1.165, 1.54) is 18.6 Å². The minimum absolute atomic E-state index is 0.0263. The average molecular weight is 318 g/mol. The molecule has 1 aromatic carbocycles. The molecule has 22 heavy (non-hydrogen) atoms. The molecule has 3 rings (SSSR count). The fourth-order valence-corrected chi connectivity index (χ4v) is 3.37. The summed E-state index contributed by atoms with van der Waals surface area (Å²) in [6.45, 7) is 6.53. The zero-order chi connectivity index (χ0) is 15.7. The van der Waals surface area contributed by atoms with Crippen LogP contribution in [0.5, 0.6) is 0 Å². The molecule has 0 aliphatic carbocycles. The summed E-state index contributed by atoms with van der Waals surface area (Å²) in [5.74, 6) is 0.0263. The molecule has 2 heterocycles. The quantitative estimate of drug-likeness (QED) is 0.724. The Balaban J connectivity index is 1.88. The predicted molar refractivity (Wildman–Crippen MR) is 89.7 cm³/mol. The van der Waals surface area contributed by atoms with Crippen molar-refractivity contribution in [3.63, 3.8) is 0 Å². The van der Waals surface area contributed by atoms with Gasteiger partial charge in [0, 0.05) is 35.7 Å². The standard InChI is InChI=1S/C18H22ClN2O/c1-18(2)13-16(20-10-3-4-11-20)9-12-21(18)17(22)14-5-7-15(19)8-6-14/h5-9,12H,3-4,10-11,13H2,1-2H3/q+1. The number of allylic oxidation sites excluding steroid dienone is 1. The van der Waals surface area contributed by atoms with E-state index in [1.54, 1.807) is 24.3 Å². The number of nitrogens with zero attached hydrogens (tertiary/aromatic N) is 2. The van der Waals surface area contributed by atoms with Crippen molar-refractivity contribution in [2.75, 3.05) is 13.1 Å². The fraction of sp³-hybridized carbons (Fsp3) is 0.444. The Labute approximate surface area is 136 Å². The van der Waals surface area contributed by atoms with Crippen LogP contribution in [-0.2, 0) is 0 Å². The second-order valence-corrected chi connectivity index (χ2v) is 7.11. The van der Waals surface area contributed by atoms with Crippen LogP contribution in [-0.4, -0.2) is 39.7 Å². The Bertz CT molecular complexity index is 636. The molecule has 1 amide bonds. The topological polar surface area (TPSA) is 23.3 Å². The number of hydrogen-bond acceptors (Lipinski definition) is 1. The first-order valence-electron chi connectivity index (χ1n) is 7.86. The molecule has 0 radical (unpaired) electrons. The van der Waals surface area contributed by atoms with Gasteiger partial charge in [-0.3, -0.25) is 4.79 Å². The van der Waals surface area contributed by atoms with Gasteiger partial charge in [-0.1, -0.05) is 11.6 Å². The van der Waals surface area contributed by atoms with Gasteiger partial charge in [0.2, 0.25) is 0 Å². The van der Waals surface area contributed by atoms with Gasteiger partial charge >= 0.3 is 0 Å². The number of carbonyl (C=O) groups is 1. The van der Waals surface area contributed by atoms with Crippen molar-refractivity contribution in [1.29, 1.82) is 0 Å². The van der Waals surface area contributed by atoms with E-state index in [9.17, 15) is 4.79 Å². The molecular formula is C18H22ClN2O+. The molecule has 0 saturated carbocycles. The van der Waals surface area contributed by atoms with E-state index >= 15 is 0 Å². The maximum Gasteiger partial charge on any atom is 0.258 e. The molecule has 116 valence electrons. The minimum Gasteiger partial charge on any atom is -0.309 e. The van der Waals surface area contributed by atoms with E-state index in [2.05, 4.69) is 24.5 Å². The van der Waals surface area contributed by atoms with Gasteiger partial charge in [0.25, 0.3) is 5.91 Å². The second kappa shape index (κ2) is 5.88. The van der Waals surface area contributed by atoms with Crippen LogP contribution in [0.3, 0.4) is 0 Å². The highest BCUT2D eigenvalue weighted by molar-refractivity contribution is 6.30. The molecule has 1 saturated heterocycles. The zero-order valence-electron chi connectivity index (χ0n) is 13.2. The lowest BCUT2D eigenvalue weighted by Gasteiger charge is -2.38. The summed E-state index contributed by atoms with van der Waals surface area (Å²) >= 11 is 5.90. The summed E-state index contributed by atoms with van der Waals surface area (Å²) < 4.78 is 2.45. The van der Waals surface area contributed by atoms with Crippen molar-refractivity contribution < 1.29 is 9.37 Å². The van der Waals surface area contributed by atoms with Gasteiger partial charge in [-0.05, 0) is 38.1 Å². The largest absolute Gasteiger partial charge is 0.309 e. The van der Waals surface area contributed by atoms with Gasteiger partial charge in [0.15, 0.2) is 5.71 Å². The highest BCUT2D eigenvalue weighted by Gasteiger charge is 2.37. The van der Waals surface area contributed by atoms with Gasteiger partial charge in [0.05, 0.1) is 12.0 Å². The third-order valence-corrected chi connectivity index (χ3v) is 4.76. The van der Waals surface area contributed by atoms with E-state index in [-0.39, 0.29) is 11.4 Å². The maximum atomic E-state index is 12.8. The molecule has 0 bridgehead atoms. The van der Waals surface area contributed by atoms with Crippen molar-refractivity contribution in [3.8, 4) is 0 Å². The van der Waals surface area contributed by atoms with Crippen LogP contribution in [0.4, 0.5) is 0 Å². The number of halogens is 1. The summed E-state index contributed by atoms with van der Waals surface area (Å²) in [5.41, 5.74) is 1.80. The zero-order valence-corrected chi connectivity index (χ0v) is 13.9. The Morgan fingerprint density at radius 1 is 1.18 bits per heavy atom. The Morgan fingerprint density at radius 3 is 2.41 bits per heavy atom. The smallest absolute Gasteiger partial charge is 0.258 e. The highest BCUT2D eigenvalue weighted by Crippen LogP contribution is 2.27. The van der Waals surface area contributed by atoms with Crippen LogP contribution in [0.1, 0.15) is 43.5 Å². The van der Waals surface area contributed by atoms with E-state index in [0.717, 1.165) is 19.5 Å². The first-order chi connectivity index (χ1) is 10.5. The van der Waals surface area contributed by atoms with Crippen molar-refractivity contribution >= 4 is 23.2 Å². The van der Waals surface area contributed by atoms with Gasteiger partial charge < -0.3 is 4.90 Å². The number of benzene rings is 1. The molecule has 2 aliphatic heterocycles. The molecule has 4 heteroatoms. The summed E-state index contributed by atoms with van der Waals surface area (Å²) in [5, 5.41) is 0.648. The van der Waals surface area contributed by atoms with E-state index < -0.39 is 0 Å². The lowest BCUT2D eigenvalue weighted by atomic mass is 9.91. The lowest BCUT2D eigenvalue weighted by molar-refractivity contribution is -0.506. The molecule has 0 spiro atoms. The molecule has 1 aromatic rings. The monoisotopic (exact) mass is 317 g/mol. The molecule has 0 aromatic heterocycles. The third kappa shape index (κ3) is 2.95. The van der Waals surface area contributed by atoms with Gasteiger partial charge in [0.1, 0.15) is 13.1 Å². The first kappa shape index (κ1) is 15.3. The normalized spacial score (nSPS) is 20.6. The fourth-order valence-electron chi connectivity index (χ4n) is 3.25. The van der Waals surface area contributed by atoms with E-state index in [0.29, 0.717) is 10.6 Å². The Hall–Kier alpha value is -1.61. The number of hydrogen-bond donors (Lipinski definition) is 0. The predicted octanol–water partition coefficient (Wildman–Crippen LogP) is 3.73. The number of amides is 1. The van der Waals surface area contributed by atoms with E-state index in [4.69, 9.17) is 11.6 Å².